The van der Waals surface area contributed by atoms with E-state index in [-0.39, 0.29) is 0 Å². The first kappa shape index (κ1) is 13.4. The second-order valence-corrected chi connectivity index (χ2v) is 4.33. The minimum Gasteiger partial charge on any atom is -0.382 e. The molecule has 1 saturated heterocycles. The molecule has 0 saturated carbocycles. The van der Waals surface area contributed by atoms with Gasteiger partial charge in [-0.2, -0.15) is 4.98 Å². The van der Waals surface area contributed by atoms with Crippen LogP contribution >= 0.6 is 0 Å². The monoisotopic (exact) mass is 257 g/mol. The number of nitrogens with zero attached hydrogens (tertiary/aromatic N) is 2. The van der Waals surface area contributed by atoms with E-state index in [1.807, 2.05) is 0 Å². The summed E-state index contributed by atoms with van der Waals surface area (Å²) in [6.07, 6.45) is 1.16. The molecule has 2 heterocycles. The number of hydrogen-bond donors (Lipinski definition) is 2. The first-order valence-electron chi connectivity index (χ1n) is 6.07. The minimum atomic E-state index is -1.01. The van der Waals surface area contributed by atoms with Crippen LogP contribution in [0.5, 0.6) is 0 Å². The molecule has 7 heteroatoms. The maximum Gasteiger partial charge on any atom is 0.259 e. The van der Waals surface area contributed by atoms with Gasteiger partial charge in [0, 0.05) is 20.1 Å². The van der Waals surface area contributed by atoms with Crippen LogP contribution in [0.15, 0.2) is 4.52 Å². The Morgan fingerprint density at radius 2 is 2.33 bits per heavy atom. The SMILES string of the molecule is COCCOCCc1noc(C2(O)CCNC2)n1. The van der Waals surface area contributed by atoms with Gasteiger partial charge in [0.1, 0.15) is 0 Å². The molecule has 2 N–H and O–H groups in total. The topological polar surface area (TPSA) is 89.6 Å². The van der Waals surface area contributed by atoms with E-state index in [0.29, 0.717) is 50.9 Å². The van der Waals surface area contributed by atoms with Crippen LogP contribution in [0, 0.1) is 0 Å². The zero-order chi connectivity index (χ0) is 12.8. The van der Waals surface area contributed by atoms with E-state index in [0.717, 1.165) is 6.54 Å². The van der Waals surface area contributed by atoms with Crippen molar-refractivity contribution < 1.29 is 19.1 Å². The first-order valence-corrected chi connectivity index (χ1v) is 6.07. The number of nitrogens with one attached hydrogen (secondary N) is 1. The van der Waals surface area contributed by atoms with E-state index in [1.165, 1.54) is 0 Å². The molecule has 18 heavy (non-hydrogen) atoms. The molecule has 1 fully saturated rings. The lowest BCUT2D eigenvalue weighted by Gasteiger charge is -2.14. The van der Waals surface area contributed by atoms with Crippen molar-refractivity contribution in [3.05, 3.63) is 11.7 Å². The molecular weight excluding hydrogens is 238 g/mol. The molecule has 1 aromatic heterocycles. The number of aromatic nitrogens is 2. The first-order chi connectivity index (χ1) is 8.74. The maximum absolute atomic E-state index is 10.2. The average molecular weight is 257 g/mol. The molecule has 1 aliphatic rings. The summed E-state index contributed by atoms with van der Waals surface area (Å²) in [5, 5.41) is 17.1. The van der Waals surface area contributed by atoms with E-state index in [4.69, 9.17) is 14.0 Å². The molecule has 2 rings (SSSR count). The van der Waals surface area contributed by atoms with Crippen LogP contribution in [-0.4, -0.2) is 55.3 Å². The van der Waals surface area contributed by atoms with Crippen LogP contribution in [0.1, 0.15) is 18.1 Å². The largest absolute Gasteiger partial charge is 0.382 e. The second-order valence-electron chi connectivity index (χ2n) is 4.33. The van der Waals surface area contributed by atoms with E-state index in [1.54, 1.807) is 7.11 Å². The van der Waals surface area contributed by atoms with Crippen molar-refractivity contribution in [2.75, 3.05) is 40.0 Å². The Kier molecular flexibility index (Phi) is 4.65. The fraction of sp³-hybridized carbons (Fsp3) is 0.818. The summed E-state index contributed by atoms with van der Waals surface area (Å²) in [5.41, 5.74) is -1.01. The number of hydrogen-bond acceptors (Lipinski definition) is 7. The summed E-state index contributed by atoms with van der Waals surface area (Å²) >= 11 is 0. The molecule has 1 aliphatic heterocycles. The number of aliphatic hydroxyl groups is 1. The quantitative estimate of drug-likeness (QED) is 0.634. The van der Waals surface area contributed by atoms with E-state index in [9.17, 15) is 5.11 Å². The lowest BCUT2D eigenvalue weighted by atomic mass is 10.0. The molecule has 1 unspecified atom stereocenters. The Morgan fingerprint density at radius 1 is 1.44 bits per heavy atom. The summed E-state index contributed by atoms with van der Waals surface area (Å²) in [7, 11) is 1.63. The Bertz CT molecular complexity index is 363. The number of methoxy groups -OCH3 is 1. The molecule has 0 spiro atoms. The van der Waals surface area contributed by atoms with Gasteiger partial charge in [-0.05, 0) is 13.0 Å². The fourth-order valence-electron chi connectivity index (χ4n) is 1.81. The minimum absolute atomic E-state index is 0.291. The van der Waals surface area contributed by atoms with Crippen LogP contribution in [0.3, 0.4) is 0 Å². The molecule has 1 atom stereocenters. The lowest BCUT2D eigenvalue weighted by Crippen LogP contribution is -2.28. The van der Waals surface area contributed by atoms with Crippen molar-refractivity contribution in [2.24, 2.45) is 0 Å². The Morgan fingerprint density at radius 3 is 3.06 bits per heavy atom. The van der Waals surface area contributed by atoms with Crippen LogP contribution in [-0.2, 0) is 21.5 Å². The smallest absolute Gasteiger partial charge is 0.259 e. The van der Waals surface area contributed by atoms with Gasteiger partial charge in [0.15, 0.2) is 11.4 Å². The summed E-state index contributed by atoms with van der Waals surface area (Å²) in [4.78, 5) is 4.20. The van der Waals surface area contributed by atoms with Crippen LogP contribution < -0.4 is 5.32 Å². The highest BCUT2D eigenvalue weighted by Crippen LogP contribution is 2.25. The molecule has 0 aromatic carbocycles. The van der Waals surface area contributed by atoms with Crippen LogP contribution in [0.4, 0.5) is 0 Å². The predicted octanol–water partition coefficient (Wildman–Crippen LogP) is -0.544. The zero-order valence-electron chi connectivity index (χ0n) is 10.5. The Balaban J connectivity index is 1.79. The molecular formula is C11H19N3O4. The van der Waals surface area contributed by atoms with Crippen molar-refractivity contribution in [2.45, 2.75) is 18.4 Å². The van der Waals surface area contributed by atoms with Gasteiger partial charge >= 0.3 is 0 Å². The van der Waals surface area contributed by atoms with Crippen LogP contribution in [0.2, 0.25) is 0 Å². The molecule has 1 aromatic rings. The molecule has 0 radical (unpaired) electrons. The fourth-order valence-corrected chi connectivity index (χ4v) is 1.81. The van der Waals surface area contributed by atoms with E-state index in [2.05, 4.69) is 15.5 Å². The van der Waals surface area contributed by atoms with Crippen LogP contribution in [0.25, 0.3) is 0 Å². The predicted molar refractivity (Wildman–Crippen MR) is 62.1 cm³/mol. The summed E-state index contributed by atoms with van der Waals surface area (Å²) in [6.45, 7) is 2.85. The third-order valence-electron chi connectivity index (χ3n) is 2.90. The lowest BCUT2D eigenvalue weighted by molar-refractivity contribution is 0.0243. The van der Waals surface area contributed by atoms with Crippen molar-refractivity contribution >= 4 is 0 Å². The maximum atomic E-state index is 10.2. The highest BCUT2D eigenvalue weighted by atomic mass is 16.5. The normalized spacial score (nSPS) is 23.7. The van der Waals surface area contributed by atoms with Crippen molar-refractivity contribution in [3.8, 4) is 0 Å². The van der Waals surface area contributed by atoms with Gasteiger partial charge in [-0.3, -0.25) is 0 Å². The summed E-state index contributed by atoms with van der Waals surface area (Å²) in [6, 6.07) is 0. The number of ether oxygens (including phenoxy) is 2. The van der Waals surface area contributed by atoms with E-state index < -0.39 is 5.60 Å². The van der Waals surface area contributed by atoms with Gasteiger partial charge in [-0.25, -0.2) is 0 Å². The molecule has 0 aliphatic carbocycles. The Labute approximate surface area is 105 Å². The molecule has 7 nitrogen and oxygen atoms in total. The van der Waals surface area contributed by atoms with Crippen molar-refractivity contribution in [3.63, 3.8) is 0 Å². The van der Waals surface area contributed by atoms with Gasteiger partial charge in [0.25, 0.3) is 5.89 Å². The molecule has 102 valence electrons. The van der Waals surface area contributed by atoms with Gasteiger partial charge in [0.2, 0.25) is 0 Å². The third kappa shape index (κ3) is 3.26. The molecule has 0 bridgehead atoms. The van der Waals surface area contributed by atoms with Gasteiger partial charge < -0.3 is 24.4 Å². The standard InChI is InChI=1S/C11H19N3O4/c1-16-6-7-17-5-2-9-13-10(18-14-9)11(15)3-4-12-8-11/h12,15H,2-8H2,1H3. The Hall–Kier alpha value is -1.02. The zero-order valence-corrected chi connectivity index (χ0v) is 10.5. The van der Waals surface area contributed by atoms with Crippen molar-refractivity contribution in [1.82, 2.24) is 15.5 Å². The second kappa shape index (κ2) is 6.24. The summed E-state index contributed by atoms with van der Waals surface area (Å²) < 4.78 is 15.3. The third-order valence-corrected chi connectivity index (χ3v) is 2.90. The average Bonchev–Trinajstić information content (AvgIpc) is 2.99. The van der Waals surface area contributed by atoms with Gasteiger partial charge in [-0.1, -0.05) is 5.16 Å². The number of rotatable bonds is 7. The molecule has 0 amide bonds. The highest BCUT2D eigenvalue weighted by Gasteiger charge is 2.38. The van der Waals surface area contributed by atoms with E-state index >= 15 is 0 Å². The van der Waals surface area contributed by atoms with Gasteiger partial charge in [0.05, 0.1) is 19.8 Å². The highest BCUT2D eigenvalue weighted by molar-refractivity contribution is 5.03. The van der Waals surface area contributed by atoms with Crippen molar-refractivity contribution in [1.29, 1.82) is 0 Å². The summed E-state index contributed by atoms with van der Waals surface area (Å²) in [5.74, 6) is 0.849. The number of β-amino-alcohol motifs (C(OH)–C–C–N with tert-alkyl or cyclic N) is 1. The van der Waals surface area contributed by atoms with Gasteiger partial charge in [-0.15, -0.1) is 0 Å².